The monoisotopic (exact) mass is 195 g/mol. The number of carboxylic acids is 1. The van der Waals surface area contributed by atoms with Crippen LogP contribution in [0, 0.1) is 5.92 Å². The van der Waals surface area contributed by atoms with Gasteiger partial charge in [0.15, 0.2) is 0 Å². The van der Waals surface area contributed by atoms with Crippen LogP contribution in [0.2, 0.25) is 0 Å². The van der Waals surface area contributed by atoms with Gasteiger partial charge in [0.25, 0.3) is 0 Å². The van der Waals surface area contributed by atoms with Crippen LogP contribution in [-0.4, -0.2) is 5.97 Å². The van der Waals surface area contributed by atoms with E-state index in [4.69, 9.17) is 4.42 Å². The summed E-state index contributed by atoms with van der Waals surface area (Å²) in [5.41, 5.74) is 0.735. The smallest absolute Gasteiger partial charge is 0.107 e. The molecule has 1 heterocycles. The molecule has 0 N–H and O–H groups in total. The minimum Gasteiger partial charge on any atom is -0.550 e. The number of hydrogen-bond donors (Lipinski definition) is 0. The van der Waals surface area contributed by atoms with Gasteiger partial charge < -0.3 is 14.3 Å². The molecule has 0 aliphatic heterocycles. The molecule has 0 bridgehead atoms. The third kappa shape index (κ3) is 2.37. The van der Waals surface area contributed by atoms with Crippen LogP contribution in [0.4, 0.5) is 0 Å². The molecule has 14 heavy (non-hydrogen) atoms. The lowest BCUT2D eigenvalue weighted by atomic mass is 9.98. The third-order valence-corrected chi connectivity index (χ3v) is 2.19. The molecule has 1 unspecified atom stereocenters. The third-order valence-electron chi connectivity index (χ3n) is 2.19. The molecule has 0 aliphatic rings. The number of rotatable bonds is 4. The Balaban J connectivity index is 2.86. The molecule has 3 nitrogen and oxygen atoms in total. The van der Waals surface area contributed by atoms with Crippen molar-refractivity contribution in [3.63, 3.8) is 0 Å². The molecule has 0 radical (unpaired) electrons. The normalized spacial score (nSPS) is 13.1. The van der Waals surface area contributed by atoms with Crippen LogP contribution in [-0.2, 0) is 11.2 Å². The van der Waals surface area contributed by atoms with Crippen molar-refractivity contribution in [2.45, 2.75) is 33.1 Å². The van der Waals surface area contributed by atoms with Gasteiger partial charge in [-0.2, -0.15) is 0 Å². The van der Waals surface area contributed by atoms with Crippen LogP contribution in [0.25, 0.3) is 0 Å². The van der Waals surface area contributed by atoms with Gasteiger partial charge in [-0.15, -0.1) is 0 Å². The highest BCUT2D eigenvalue weighted by Crippen LogP contribution is 2.23. The zero-order chi connectivity index (χ0) is 10.7. The maximum Gasteiger partial charge on any atom is 0.107 e. The van der Waals surface area contributed by atoms with Gasteiger partial charge in [-0.1, -0.05) is 20.8 Å². The minimum atomic E-state index is -1.06. The molecule has 0 fully saturated rings. The summed E-state index contributed by atoms with van der Waals surface area (Å²) >= 11 is 0. The van der Waals surface area contributed by atoms with Crippen LogP contribution in [0.3, 0.4) is 0 Å². The first-order chi connectivity index (χ1) is 6.52. The second-order valence-corrected chi connectivity index (χ2v) is 3.94. The molecule has 3 heteroatoms. The summed E-state index contributed by atoms with van der Waals surface area (Å²) in [4.78, 5) is 10.7. The standard InChI is InChI=1S/C11H16O3/c1-7(2)6-10-9(4-5-14-10)8(3)11(12)13/h4-5,7-8H,6H2,1-3H3,(H,12,13)/p-1. The fraction of sp³-hybridized carbons (Fsp3) is 0.545. The Morgan fingerprint density at radius 1 is 1.50 bits per heavy atom. The molecule has 78 valence electrons. The first kappa shape index (κ1) is 10.8. The Morgan fingerprint density at radius 3 is 2.64 bits per heavy atom. The number of carbonyl (C=O) groups excluding carboxylic acids is 1. The number of aliphatic carboxylic acids is 1. The lowest BCUT2D eigenvalue weighted by Gasteiger charge is -2.13. The summed E-state index contributed by atoms with van der Waals surface area (Å²) in [7, 11) is 0. The van der Waals surface area contributed by atoms with Crippen molar-refractivity contribution in [1.29, 1.82) is 0 Å². The number of carboxylic acid groups (broad SMARTS) is 1. The predicted molar refractivity (Wildman–Crippen MR) is 50.7 cm³/mol. The maximum absolute atomic E-state index is 10.7. The average molecular weight is 195 g/mol. The van der Waals surface area contributed by atoms with E-state index in [1.54, 1.807) is 13.0 Å². The molecule has 0 spiro atoms. The maximum atomic E-state index is 10.7. The van der Waals surface area contributed by atoms with E-state index in [2.05, 4.69) is 13.8 Å². The lowest BCUT2D eigenvalue weighted by molar-refractivity contribution is -0.307. The van der Waals surface area contributed by atoms with Crippen molar-refractivity contribution in [2.24, 2.45) is 5.92 Å². The van der Waals surface area contributed by atoms with Crippen molar-refractivity contribution >= 4 is 5.97 Å². The summed E-state index contributed by atoms with van der Waals surface area (Å²) in [6, 6.07) is 1.71. The first-order valence-electron chi connectivity index (χ1n) is 4.79. The average Bonchev–Trinajstić information content (AvgIpc) is 2.49. The van der Waals surface area contributed by atoms with Gasteiger partial charge in [0.05, 0.1) is 6.26 Å². The second kappa shape index (κ2) is 4.31. The van der Waals surface area contributed by atoms with Gasteiger partial charge in [-0.05, 0) is 12.0 Å². The van der Waals surface area contributed by atoms with Crippen LogP contribution < -0.4 is 5.11 Å². The molecular formula is C11H15O3-. The van der Waals surface area contributed by atoms with E-state index >= 15 is 0 Å². The van der Waals surface area contributed by atoms with Crippen LogP contribution in [0.1, 0.15) is 38.0 Å². The van der Waals surface area contributed by atoms with Gasteiger partial charge in [0, 0.05) is 23.9 Å². The Labute approximate surface area is 83.7 Å². The van der Waals surface area contributed by atoms with E-state index in [0.717, 1.165) is 17.7 Å². The second-order valence-electron chi connectivity index (χ2n) is 3.94. The highest BCUT2D eigenvalue weighted by atomic mass is 16.4. The molecule has 0 saturated heterocycles. The molecule has 1 aromatic heterocycles. The first-order valence-corrected chi connectivity index (χ1v) is 4.79. The summed E-state index contributed by atoms with van der Waals surface area (Å²) < 4.78 is 5.26. The molecule has 0 saturated carbocycles. The van der Waals surface area contributed by atoms with E-state index in [9.17, 15) is 9.90 Å². The molecule has 1 atom stereocenters. The largest absolute Gasteiger partial charge is 0.550 e. The van der Waals surface area contributed by atoms with Gasteiger partial charge >= 0.3 is 0 Å². The predicted octanol–water partition coefficient (Wildman–Crippen LogP) is 1.33. The summed E-state index contributed by atoms with van der Waals surface area (Å²) in [5, 5.41) is 10.7. The Morgan fingerprint density at radius 2 is 2.14 bits per heavy atom. The molecule has 1 aromatic rings. The van der Waals surface area contributed by atoms with Crippen molar-refractivity contribution < 1.29 is 14.3 Å². The molecule has 0 amide bonds. The van der Waals surface area contributed by atoms with Gasteiger partial charge in [0.2, 0.25) is 0 Å². The van der Waals surface area contributed by atoms with E-state index in [1.165, 1.54) is 6.26 Å². The van der Waals surface area contributed by atoms with Gasteiger partial charge in [0.1, 0.15) is 5.76 Å². The molecule has 1 rings (SSSR count). The summed E-state index contributed by atoms with van der Waals surface area (Å²) in [6.07, 6.45) is 2.30. The zero-order valence-corrected chi connectivity index (χ0v) is 8.74. The topological polar surface area (TPSA) is 53.3 Å². The van der Waals surface area contributed by atoms with E-state index in [-0.39, 0.29) is 0 Å². The Kier molecular flexibility index (Phi) is 3.33. The minimum absolute atomic E-state index is 0.453. The van der Waals surface area contributed by atoms with Crippen LogP contribution in [0.15, 0.2) is 16.7 Å². The Hall–Kier alpha value is -1.25. The lowest BCUT2D eigenvalue weighted by Crippen LogP contribution is -2.28. The van der Waals surface area contributed by atoms with Gasteiger partial charge in [-0.25, -0.2) is 0 Å². The van der Waals surface area contributed by atoms with Gasteiger partial charge in [-0.3, -0.25) is 0 Å². The SMILES string of the molecule is CC(C)Cc1occc1C(C)C(=O)[O-]. The van der Waals surface area contributed by atoms with E-state index in [1.807, 2.05) is 0 Å². The number of carbonyl (C=O) groups is 1. The highest BCUT2D eigenvalue weighted by Gasteiger charge is 2.15. The summed E-state index contributed by atoms with van der Waals surface area (Å²) in [5.74, 6) is -0.440. The van der Waals surface area contributed by atoms with Crippen molar-refractivity contribution in [2.75, 3.05) is 0 Å². The number of furan rings is 1. The van der Waals surface area contributed by atoms with Crippen LogP contribution >= 0.6 is 0 Å². The molecular weight excluding hydrogens is 180 g/mol. The quantitative estimate of drug-likeness (QED) is 0.728. The zero-order valence-electron chi connectivity index (χ0n) is 8.74. The highest BCUT2D eigenvalue weighted by molar-refractivity contribution is 5.73. The van der Waals surface area contributed by atoms with Crippen molar-refractivity contribution in [3.05, 3.63) is 23.7 Å². The van der Waals surface area contributed by atoms with Crippen LogP contribution in [0.5, 0.6) is 0 Å². The van der Waals surface area contributed by atoms with E-state index in [0.29, 0.717) is 5.92 Å². The Bertz CT molecular complexity index is 312. The fourth-order valence-electron chi connectivity index (χ4n) is 1.40. The molecule has 0 aliphatic carbocycles. The number of hydrogen-bond acceptors (Lipinski definition) is 3. The fourth-order valence-corrected chi connectivity index (χ4v) is 1.40. The van der Waals surface area contributed by atoms with Crippen molar-refractivity contribution in [1.82, 2.24) is 0 Å². The molecule has 0 aromatic carbocycles. The summed E-state index contributed by atoms with van der Waals surface area (Å²) in [6.45, 7) is 5.75. The van der Waals surface area contributed by atoms with E-state index < -0.39 is 11.9 Å². The van der Waals surface area contributed by atoms with Crippen molar-refractivity contribution in [3.8, 4) is 0 Å².